The molecule has 1 atom stereocenters. The largest absolute Gasteiger partial charge is 0.332 e. The molecule has 0 N–H and O–H groups in total. The molecule has 1 aliphatic heterocycles. The highest BCUT2D eigenvalue weighted by atomic mass is 16.2. The van der Waals surface area contributed by atoms with Crippen molar-refractivity contribution in [3.63, 3.8) is 0 Å². The summed E-state index contributed by atoms with van der Waals surface area (Å²) in [5.74, 6) is 0.858. The molecule has 0 spiro atoms. The third-order valence-corrected chi connectivity index (χ3v) is 4.66. The van der Waals surface area contributed by atoms with Crippen molar-refractivity contribution in [2.75, 3.05) is 6.54 Å². The molecule has 7 nitrogen and oxygen atoms in total. The van der Waals surface area contributed by atoms with E-state index in [-0.39, 0.29) is 11.9 Å². The number of pyridine rings is 1. The van der Waals surface area contributed by atoms with Gasteiger partial charge in [-0.25, -0.2) is 4.98 Å². The van der Waals surface area contributed by atoms with Gasteiger partial charge >= 0.3 is 0 Å². The number of likely N-dealkylation sites (tertiary alicyclic amines) is 1. The Morgan fingerprint density at radius 3 is 2.92 bits per heavy atom. The third-order valence-electron chi connectivity index (χ3n) is 4.66. The molecule has 128 valence electrons. The van der Waals surface area contributed by atoms with E-state index < -0.39 is 0 Å². The Kier molecular flexibility index (Phi) is 4.05. The predicted octanol–water partition coefficient (Wildman–Crippen LogP) is 2.08. The van der Waals surface area contributed by atoms with Gasteiger partial charge in [-0.3, -0.25) is 14.5 Å². The van der Waals surface area contributed by atoms with Crippen LogP contribution in [-0.4, -0.2) is 47.7 Å². The fourth-order valence-electron chi connectivity index (χ4n) is 3.40. The normalized spacial score (nSPS) is 17.2. The predicted molar refractivity (Wildman–Crippen MR) is 92.4 cm³/mol. The minimum absolute atomic E-state index is 0.0192. The second-order valence-corrected chi connectivity index (χ2v) is 6.27. The van der Waals surface area contributed by atoms with E-state index in [0.717, 1.165) is 37.4 Å². The molecule has 4 heterocycles. The van der Waals surface area contributed by atoms with Crippen LogP contribution in [0, 0.1) is 6.92 Å². The number of rotatable bonds is 4. The smallest absolute Gasteiger partial charge is 0.272 e. The Morgan fingerprint density at radius 1 is 1.24 bits per heavy atom. The monoisotopic (exact) mass is 336 g/mol. The lowest BCUT2D eigenvalue weighted by molar-refractivity contribution is 0.0715. The van der Waals surface area contributed by atoms with Crippen LogP contribution in [0.4, 0.5) is 0 Å². The highest BCUT2D eigenvalue weighted by Crippen LogP contribution is 2.22. The second-order valence-electron chi connectivity index (χ2n) is 6.27. The molecule has 1 saturated heterocycles. The summed E-state index contributed by atoms with van der Waals surface area (Å²) in [6.45, 7) is 3.42. The maximum absolute atomic E-state index is 13.0. The van der Waals surface area contributed by atoms with Gasteiger partial charge in [0.25, 0.3) is 5.91 Å². The first-order valence-corrected chi connectivity index (χ1v) is 8.47. The summed E-state index contributed by atoms with van der Waals surface area (Å²) < 4.78 is 3.83. The van der Waals surface area contributed by atoms with Crippen molar-refractivity contribution in [2.24, 2.45) is 0 Å². The molecule has 0 aliphatic carbocycles. The fraction of sp³-hybridized carbons (Fsp3) is 0.333. The van der Waals surface area contributed by atoms with Crippen molar-refractivity contribution in [3.05, 3.63) is 60.7 Å². The van der Waals surface area contributed by atoms with Crippen molar-refractivity contribution in [3.8, 4) is 5.69 Å². The van der Waals surface area contributed by atoms with Gasteiger partial charge < -0.3 is 9.47 Å². The number of nitrogens with zero attached hydrogens (tertiary/aromatic N) is 6. The van der Waals surface area contributed by atoms with Crippen molar-refractivity contribution < 1.29 is 4.79 Å². The van der Waals surface area contributed by atoms with Gasteiger partial charge in [0.2, 0.25) is 0 Å². The van der Waals surface area contributed by atoms with E-state index in [2.05, 4.69) is 15.1 Å². The summed E-state index contributed by atoms with van der Waals surface area (Å²) in [4.78, 5) is 23.5. The Hall–Kier alpha value is -2.96. The van der Waals surface area contributed by atoms with Crippen molar-refractivity contribution in [1.82, 2.24) is 29.2 Å². The Balaban J connectivity index is 1.57. The zero-order valence-electron chi connectivity index (χ0n) is 14.1. The van der Waals surface area contributed by atoms with E-state index in [1.165, 1.54) is 0 Å². The number of amides is 1. The van der Waals surface area contributed by atoms with Crippen molar-refractivity contribution >= 4 is 5.91 Å². The molecule has 0 saturated carbocycles. The van der Waals surface area contributed by atoms with Gasteiger partial charge in [0.1, 0.15) is 11.5 Å². The molecular formula is C18H20N6O. The van der Waals surface area contributed by atoms with E-state index in [4.69, 9.17) is 0 Å². The SMILES string of the molecule is Cc1nccn1-c1ccnc(C(=O)N2CCC[C@@H]2Cn2cccn2)c1. The summed E-state index contributed by atoms with van der Waals surface area (Å²) in [6.07, 6.45) is 11.0. The summed E-state index contributed by atoms with van der Waals surface area (Å²) in [5.41, 5.74) is 1.37. The van der Waals surface area contributed by atoms with Crippen LogP contribution in [0.2, 0.25) is 0 Å². The van der Waals surface area contributed by atoms with Gasteiger partial charge in [0, 0.05) is 37.5 Å². The van der Waals surface area contributed by atoms with Gasteiger partial charge in [0.05, 0.1) is 18.3 Å². The molecule has 0 unspecified atom stereocenters. The van der Waals surface area contributed by atoms with Gasteiger partial charge in [-0.15, -0.1) is 0 Å². The fourth-order valence-corrected chi connectivity index (χ4v) is 3.40. The van der Waals surface area contributed by atoms with Gasteiger partial charge in [-0.05, 0) is 38.0 Å². The summed E-state index contributed by atoms with van der Waals surface area (Å²) in [5, 5.41) is 4.26. The summed E-state index contributed by atoms with van der Waals surface area (Å²) in [6, 6.07) is 5.78. The molecule has 0 radical (unpaired) electrons. The molecule has 0 aromatic carbocycles. The quantitative estimate of drug-likeness (QED) is 0.731. The van der Waals surface area contributed by atoms with E-state index >= 15 is 0 Å². The van der Waals surface area contributed by atoms with Gasteiger partial charge in [-0.1, -0.05) is 0 Å². The number of imidazole rings is 1. The van der Waals surface area contributed by atoms with Gasteiger partial charge in [0.15, 0.2) is 0 Å². The van der Waals surface area contributed by atoms with Crippen LogP contribution in [0.1, 0.15) is 29.2 Å². The van der Waals surface area contributed by atoms with Crippen molar-refractivity contribution in [2.45, 2.75) is 32.4 Å². The number of carbonyl (C=O) groups excluding carboxylic acids is 1. The minimum atomic E-state index is -0.0192. The molecule has 1 aliphatic rings. The van der Waals surface area contributed by atoms with Crippen LogP contribution < -0.4 is 0 Å². The molecule has 3 aromatic heterocycles. The lowest BCUT2D eigenvalue weighted by atomic mass is 10.2. The average molecular weight is 336 g/mol. The second kappa shape index (κ2) is 6.51. The number of aromatic nitrogens is 5. The first-order chi connectivity index (χ1) is 12.2. The molecule has 25 heavy (non-hydrogen) atoms. The number of carbonyl (C=O) groups is 1. The summed E-state index contributed by atoms with van der Waals surface area (Å²) >= 11 is 0. The number of aryl methyl sites for hydroxylation is 1. The molecule has 1 amide bonds. The average Bonchev–Trinajstić information content (AvgIpc) is 3.37. The lowest BCUT2D eigenvalue weighted by Crippen LogP contribution is -2.38. The summed E-state index contributed by atoms with van der Waals surface area (Å²) in [7, 11) is 0. The molecule has 0 bridgehead atoms. The van der Waals surface area contributed by atoms with E-state index in [1.54, 1.807) is 18.6 Å². The van der Waals surface area contributed by atoms with Gasteiger partial charge in [-0.2, -0.15) is 5.10 Å². The zero-order chi connectivity index (χ0) is 17.2. The highest BCUT2D eigenvalue weighted by Gasteiger charge is 2.30. The third kappa shape index (κ3) is 3.05. The highest BCUT2D eigenvalue weighted by molar-refractivity contribution is 5.93. The maximum atomic E-state index is 13.0. The lowest BCUT2D eigenvalue weighted by Gasteiger charge is -2.24. The topological polar surface area (TPSA) is 68.8 Å². The molecule has 3 aromatic rings. The molecule has 1 fully saturated rings. The van der Waals surface area contributed by atoms with E-state index in [1.807, 2.05) is 51.7 Å². The van der Waals surface area contributed by atoms with Crippen LogP contribution in [0.25, 0.3) is 5.69 Å². The zero-order valence-corrected chi connectivity index (χ0v) is 14.1. The standard InChI is InChI=1S/C18H20N6O/c1-14-19-8-11-23(14)15-5-7-20-17(12-15)18(25)24-10-2-4-16(24)13-22-9-3-6-21-22/h3,5-9,11-12,16H,2,4,10,13H2,1H3/t16-/m1/s1. The Bertz CT molecular complexity index is 869. The number of hydrogen-bond acceptors (Lipinski definition) is 4. The van der Waals surface area contributed by atoms with Crippen LogP contribution in [0.15, 0.2) is 49.2 Å². The maximum Gasteiger partial charge on any atom is 0.272 e. The van der Waals surface area contributed by atoms with E-state index in [0.29, 0.717) is 5.69 Å². The molecular weight excluding hydrogens is 316 g/mol. The minimum Gasteiger partial charge on any atom is -0.332 e. The van der Waals surface area contributed by atoms with E-state index in [9.17, 15) is 4.79 Å². The van der Waals surface area contributed by atoms with Crippen molar-refractivity contribution in [1.29, 1.82) is 0 Å². The Morgan fingerprint density at radius 2 is 2.16 bits per heavy atom. The Labute approximate surface area is 145 Å². The van der Waals surface area contributed by atoms with Crippen LogP contribution in [0.3, 0.4) is 0 Å². The first-order valence-electron chi connectivity index (χ1n) is 8.47. The van der Waals surface area contributed by atoms with Crippen LogP contribution in [-0.2, 0) is 6.54 Å². The van der Waals surface area contributed by atoms with Crippen LogP contribution >= 0.6 is 0 Å². The first kappa shape index (κ1) is 15.6. The van der Waals surface area contributed by atoms with Crippen LogP contribution in [0.5, 0.6) is 0 Å². The molecule has 4 rings (SSSR count). The molecule has 7 heteroatoms. The number of hydrogen-bond donors (Lipinski definition) is 0.